The van der Waals surface area contributed by atoms with Gasteiger partial charge >= 0.3 is 5.97 Å². The van der Waals surface area contributed by atoms with E-state index in [4.69, 9.17) is 9.47 Å². The molecule has 0 saturated carbocycles. The van der Waals surface area contributed by atoms with Crippen LogP contribution in [0.5, 0.6) is 0 Å². The zero-order valence-corrected chi connectivity index (χ0v) is 11.3. The van der Waals surface area contributed by atoms with Crippen molar-refractivity contribution in [3.05, 3.63) is 0 Å². The van der Waals surface area contributed by atoms with Crippen molar-refractivity contribution in [3.8, 4) is 0 Å². The van der Waals surface area contributed by atoms with Crippen LogP contribution in [0.25, 0.3) is 0 Å². The molecule has 2 N–H and O–H groups in total. The first-order valence-electron chi connectivity index (χ1n) is 5.78. The maximum Gasteiger partial charge on any atom is 0.305 e. The number of carbonyl (C=O) groups is 1. The molecule has 0 amide bonds. The minimum Gasteiger partial charge on any atom is -0.430 e. The summed E-state index contributed by atoms with van der Waals surface area (Å²) in [6.45, 7) is 9.13. The van der Waals surface area contributed by atoms with E-state index in [1.54, 1.807) is 6.92 Å². The molecule has 1 aliphatic heterocycles. The van der Waals surface area contributed by atoms with Gasteiger partial charge in [0.1, 0.15) is 11.2 Å². The molecule has 1 rings (SSSR count). The summed E-state index contributed by atoms with van der Waals surface area (Å²) in [6.07, 6.45) is 0.479. The molecule has 0 bridgehead atoms. The van der Waals surface area contributed by atoms with Gasteiger partial charge in [0.05, 0.1) is 0 Å². The molecule has 4 atom stereocenters. The molecule has 1 fully saturated rings. The highest BCUT2D eigenvalue weighted by atomic mass is 16.8. The summed E-state index contributed by atoms with van der Waals surface area (Å²) >= 11 is 0. The second kappa shape index (κ2) is 3.67. The van der Waals surface area contributed by atoms with E-state index >= 15 is 0 Å². The van der Waals surface area contributed by atoms with Gasteiger partial charge in [-0.1, -0.05) is 6.92 Å². The van der Waals surface area contributed by atoms with E-state index in [0.717, 1.165) is 0 Å². The standard InChI is InChI=1S/C12H22O5/c1-7-9(3)10(4,14)11(5,15)12(6,17-9)16-8(2)13/h14-15H,7H2,1-6H3/t9-,10+,11?,12-/m1/s1. The van der Waals surface area contributed by atoms with Crippen LogP contribution >= 0.6 is 0 Å². The highest BCUT2D eigenvalue weighted by Crippen LogP contribution is 2.53. The number of carbonyl (C=O) groups excluding carboxylic acids is 1. The smallest absolute Gasteiger partial charge is 0.305 e. The van der Waals surface area contributed by atoms with Crippen LogP contribution in [-0.4, -0.2) is 38.8 Å². The molecular formula is C12H22O5. The van der Waals surface area contributed by atoms with E-state index in [0.29, 0.717) is 6.42 Å². The molecule has 1 aliphatic rings. The third-order valence-corrected chi connectivity index (χ3v) is 4.30. The van der Waals surface area contributed by atoms with E-state index in [1.807, 2.05) is 6.92 Å². The maximum absolute atomic E-state index is 11.1. The number of ether oxygens (including phenoxy) is 2. The van der Waals surface area contributed by atoms with Gasteiger partial charge in [0.25, 0.3) is 0 Å². The number of esters is 1. The summed E-state index contributed by atoms with van der Waals surface area (Å²) in [7, 11) is 0. The molecule has 1 heterocycles. The van der Waals surface area contributed by atoms with Crippen LogP contribution < -0.4 is 0 Å². The first-order chi connectivity index (χ1) is 7.43. The van der Waals surface area contributed by atoms with Gasteiger partial charge < -0.3 is 19.7 Å². The van der Waals surface area contributed by atoms with Gasteiger partial charge in [0.2, 0.25) is 5.79 Å². The van der Waals surface area contributed by atoms with Crippen molar-refractivity contribution in [1.82, 2.24) is 0 Å². The van der Waals surface area contributed by atoms with Gasteiger partial charge in [0, 0.05) is 13.8 Å². The third-order valence-electron chi connectivity index (χ3n) is 4.30. The minimum absolute atomic E-state index is 0.479. The average Bonchev–Trinajstić information content (AvgIpc) is 2.23. The Labute approximate surface area is 102 Å². The zero-order valence-electron chi connectivity index (χ0n) is 11.3. The van der Waals surface area contributed by atoms with Crippen molar-refractivity contribution < 1.29 is 24.5 Å². The molecule has 5 heteroatoms. The topological polar surface area (TPSA) is 76.0 Å². The van der Waals surface area contributed by atoms with Crippen LogP contribution in [0.4, 0.5) is 0 Å². The number of hydrogen-bond donors (Lipinski definition) is 2. The summed E-state index contributed by atoms with van der Waals surface area (Å²) in [5.41, 5.74) is -4.21. The fourth-order valence-corrected chi connectivity index (χ4v) is 2.40. The van der Waals surface area contributed by atoms with Gasteiger partial charge in [-0.15, -0.1) is 0 Å². The Morgan fingerprint density at radius 2 is 1.65 bits per heavy atom. The van der Waals surface area contributed by atoms with E-state index < -0.39 is 28.6 Å². The van der Waals surface area contributed by atoms with Gasteiger partial charge in [-0.2, -0.15) is 0 Å². The maximum atomic E-state index is 11.1. The average molecular weight is 246 g/mol. The van der Waals surface area contributed by atoms with Gasteiger partial charge in [-0.05, 0) is 27.2 Å². The molecular weight excluding hydrogens is 224 g/mol. The Morgan fingerprint density at radius 3 is 1.94 bits per heavy atom. The zero-order chi connectivity index (χ0) is 13.7. The van der Waals surface area contributed by atoms with Crippen LogP contribution in [0, 0.1) is 0 Å². The van der Waals surface area contributed by atoms with Crippen LogP contribution in [0.3, 0.4) is 0 Å². The van der Waals surface area contributed by atoms with E-state index in [2.05, 4.69) is 0 Å². The lowest BCUT2D eigenvalue weighted by molar-refractivity contribution is -0.274. The predicted octanol–water partition coefficient (Wildman–Crippen LogP) is 0.967. The number of aliphatic hydroxyl groups is 2. The monoisotopic (exact) mass is 246 g/mol. The van der Waals surface area contributed by atoms with Gasteiger partial charge in [0.15, 0.2) is 5.60 Å². The first kappa shape index (κ1) is 14.4. The summed E-state index contributed by atoms with van der Waals surface area (Å²) in [4.78, 5) is 11.1. The second-order valence-corrected chi connectivity index (χ2v) is 5.37. The van der Waals surface area contributed by atoms with Crippen molar-refractivity contribution in [1.29, 1.82) is 0 Å². The normalized spacial score (nSPS) is 50.4. The molecule has 5 nitrogen and oxygen atoms in total. The molecule has 0 aromatic rings. The molecule has 1 saturated heterocycles. The van der Waals surface area contributed by atoms with Crippen molar-refractivity contribution in [2.75, 3.05) is 0 Å². The van der Waals surface area contributed by atoms with Gasteiger partial charge in [-0.3, -0.25) is 4.79 Å². The molecule has 0 spiro atoms. The lowest BCUT2D eigenvalue weighted by atomic mass is 9.73. The minimum atomic E-state index is -1.70. The van der Waals surface area contributed by atoms with Crippen LogP contribution in [0.15, 0.2) is 0 Å². The van der Waals surface area contributed by atoms with E-state index in [-0.39, 0.29) is 0 Å². The lowest BCUT2D eigenvalue weighted by Gasteiger charge is -2.41. The predicted molar refractivity (Wildman–Crippen MR) is 61.2 cm³/mol. The largest absolute Gasteiger partial charge is 0.430 e. The van der Waals surface area contributed by atoms with Crippen LogP contribution in [0.1, 0.15) is 48.0 Å². The molecule has 0 aromatic carbocycles. The fourth-order valence-electron chi connectivity index (χ4n) is 2.40. The van der Waals surface area contributed by atoms with Crippen LogP contribution in [-0.2, 0) is 14.3 Å². The van der Waals surface area contributed by atoms with Crippen molar-refractivity contribution in [2.24, 2.45) is 0 Å². The van der Waals surface area contributed by atoms with Crippen molar-refractivity contribution in [3.63, 3.8) is 0 Å². The summed E-state index contributed by atoms with van der Waals surface area (Å²) in [6, 6.07) is 0. The molecule has 100 valence electrons. The fraction of sp³-hybridized carbons (Fsp3) is 0.917. The highest BCUT2D eigenvalue weighted by Gasteiger charge is 2.73. The third kappa shape index (κ3) is 1.68. The van der Waals surface area contributed by atoms with Crippen LogP contribution in [0.2, 0.25) is 0 Å². The molecule has 0 radical (unpaired) electrons. The summed E-state index contributed by atoms with van der Waals surface area (Å²) in [5, 5.41) is 21.0. The summed E-state index contributed by atoms with van der Waals surface area (Å²) < 4.78 is 10.8. The van der Waals surface area contributed by atoms with Crippen molar-refractivity contribution in [2.45, 2.75) is 70.6 Å². The van der Waals surface area contributed by atoms with E-state index in [9.17, 15) is 15.0 Å². The number of hydrogen-bond acceptors (Lipinski definition) is 5. The first-order valence-corrected chi connectivity index (χ1v) is 5.78. The van der Waals surface area contributed by atoms with Crippen molar-refractivity contribution >= 4 is 5.97 Å². The Kier molecular flexibility index (Phi) is 3.11. The van der Waals surface area contributed by atoms with E-state index in [1.165, 1.54) is 27.7 Å². The molecule has 17 heavy (non-hydrogen) atoms. The molecule has 1 unspecified atom stereocenters. The Hall–Kier alpha value is -0.650. The summed E-state index contributed by atoms with van der Waals surface area (Å²) in [5.74, 6) is -2.13. The quantitative estimate of drug-likeness (QED) is 0.710. The highest BCUT2D eigenvalue weighted by molar-refractivity contribution is 5.66. The Morgan fingerprint density at radius 1 is 1.18 bits per heavy atom. The molecule has 0 aromatic heterocycles. The Bertz CT molecular complexity index is 336. The SMILES string of the molecule is CC[C@@]1(C)O[C@@](C)(OC(C)=O)C(C)(O)[C@@]1(C)O. The lowest BCUT2D eigenvalue weighted by Crippen LogP contribution is -2.62. The van der Waals surface area contributed by atoms with Gasteiger partial charge in [-0.25, -0.2) is 0 Å². The number of rotatable bonds is 2. The second-order valence-electron chi connectivity index (χ2n) is 5.37. The Balaban J connectivity index is 3.27. The molecule has 0 aliphatic carbocycles.